The molecule has 1 aliphatic rings. The minimum absolute atomic E-state index is 0.752. The largest absolute Gasteiger partial charge is 0.344 e. The molecule has 6 rings (SSSR count). The Balaban J connectivity index is 1.60. The third-order valence-electron chi connectivity index (χ3n) is 6.60. The average molecular weight is 527 g/mol. The van der Waals surface area contributed by atoms with Crippen LogP contribution in [0, 0.1) is 0 Å². The Kier molecular flexibility index (Phi) is 5.60. The van der Waals surface area contributed by atoms with Crippen LogP contribution in [-0.2, 0) is 13.0 Å². The zero-order valence-corrected chi connectivity index (χ0v) is 21.1. The Morgan fingerprint density at radius 3 is 2.26 bits per heavy atom. The summed E-state index contributed by atoms with van der Waals surface area (Å²) < 4.78 is 5.95. The van der Waals surface area contributed by atoms with Gasteiger partial charge in [-0.2, -0.15) is 0 Å². The first-order chi connectivity index (χ1) is 16.7. The van der Waals surface area contributed by atoms with Crippen LogP contribution in [0.5, 0.6) is 0 Å². The number of hydrogen-bond donors (Lipinski definition) is 1. The zero-order valence-electron chi connectivity index (χ0n) is 18.7. The van der Waals surface area contributed by atoms with E-state index in [1.54, 1.807) is 0 Å². The van der Waals surface area contributed by atoms with Crippen LogP contribution in [0.1, 0.15) is 24.0 Å². The molecule has 0 fully saturated rings. The summed E-state index contributed by atoms with van der Waals surface area (Å²) in [4.78, 5) is 0.752. The molecule has 3 nitrogen and oxygen atoms in total. The highest BCUT2D eigenvalue weighted by Gasteiger charge is 2.27. The van der Waals surface area contributed by atoms with Gasteiger partial charge in [0.2, 0.25) is 0 Å². The number of benzene rings is 3. The lowest BCUT2D eigenvalue weighted by Gasteiger charge is -2.13. The van der Waals surface area contributed by atoms with Crippen molar-refractivity contribution in [2.45, 2.75) is 25.8 Å². The molecule has 5 heteroatoms. The van der Waals surface area contributed by atoms with Crippen molar-refractivity contribution >= 4 is 44.5 Å². The fourth-order valence-corrected chi connectivity index (χ4v) is 5.53. The molecule has 0 spiro atoms. The Morgan fingerprint density at radius 2 is 1.53 bits per heavy atom. The Morgan fingerprint density at radius 1 is 0.824 bits per heavy atom. The van der Waals surface area contributed by atoms with Crippen molar-refractivity contribution < 1.29 is 0 Å². The maximum Gasteiger partial charge on any atom is 0.123 e. The Bertz CT molecular complexity index is 1480. The first kappa shape index (κ1) is 21.4. The van der Waals surface area contributed by atoms with E-state index < -0.39 is 0 Å². The van der Waals surface area contributed by atoms with Crippen LogP contribution in [0.3, 0.4) is 0 Å². The third kappa shape index (κ3) is 3.69. The predicted octanol–water partition coefficient (Wildman–Crippen LogP) is 7.96. The van der Waals surface area contributed by atoms with Crippen molar-refractivity contribution in [2.75, 3.05) is 5.32 Å². The number of aromatic nitrogens is 2. The number of hydrogen-bond acceptors (Lipinski definition) is 1. The minimum atomic E-state index is 0.752. The van der Waals surface area contributed by atoms with Crippen molar-refractivity contribution in [3.63, 3.8) is 0 Å². The molecule has 1 N–H and O–H groups in total. The lowest BCUT2D eigenvalue weighted by atomic mass is 10.1. The van der Waals surface area contributed by atoms with E-state index in [-0.39, 0.29) is 0 Å². The summed E-state index contributed by atoms with van der Waals surface area (Å²) in [6.45, 7) is 1.01. The molecule has 0 saturated heterocycles. The third-order valence-corrected chi connectivity index (χ3v) is 7.46. The van der Waals surface area contributed by atoms with Crippen molar-refractivity contribution in [1.29, 1.82) is 0 Å². The van der Waals surface area contributed by atoms with E-state index >= 15 is 0 Å². The number of imidazole rings is 1. The summed E-state index contributed by atoms with van der Waals surface area (Å²) >= 11 is 9.47. The van der Waals surface area contributed by atoms with Gasteiger partial charge in [-0.3, -0.25) is 4.40 Å². The summed E-state index contributed by atoms with van der Waals surface area (Å²) in [6, 6.07) is 29.5. The first-order valence-corrected chi connectivity index (χ1v) is 12.8. The molecule has 5 aromatic rings. The van der Waals surface area contributed by atoms with Gasteiger partial charge in [0.05, 0.1) is 17.1 Å². The fourth-order valence-electron chi connectivity index (χ4n) is 5.03. The van der Waals surface area contributed by atoms with Gasteiger partial charge in [0.25, 0.3) is 0 Å². The molecule has 34 heavy (non-hydrogen) atoms. The molecule has 168 valence electrons. The molecule has 0 amide bonds. The quantitative estimate of drug-likeness (QED) is 0.240. The average Bonchev–Trinajstić information content (AvgIpc) is 3.27. The Hall–Kier alpha value is -3.15. The SMILES string of the molecule is S=C(Nc1c2c3n(c(-c4ccccc4)cn3c1-c1ccc(Br)cc1)CCCC2)c1ccccc1. The summed E-state index contributed by atoms with van der Waals surface area (Å²) in [5.41, 5.74) is 9.60. The second-order valence-electron chi connectivity index (χ2n) is 8.71. The number of halogens is 1. The molecule has 0 saturated carbocycles. The monoisotopic (exact) mass is 525 g/mol. The number of thiocarbonyl (C=S) groups is 1. The maximum atomic E-state index is 5.87. The summed E-state index contributed by atoms with van der Waals surface area (Å²) in [5, 5.41) is 3.67. The van der Waals surface area contributed by atoms with Crippen LogP contribution in [0.25, 0.3) is 28.2 Å². The topological polar surface area (TPSA) is 21.4 Å². The van der Waals surface area contributed by atoms with Gasteiger partial charge >= 0.3 is 0 Å². The Labute approximate surface area is 213 Å². The minimum Gasteiger partial charge on any atom is -0.344 e. The lowest BCUT2D eigenvalue weighted by molar-refractivity contribution is 0.647. The van der Waals surface area contributed by atoms with E-state index in [1.165, 1.54) is 28.0 Å². The van der Waals surface area contributed by atoms with Crippen LogP contribution in [0.15, 0.2) is 95.6 Å². The molecule has 3 aromatic carbocycles. The summed E-state index contributed by atoms with van der Waals surface area (Å²) in [7, 11) is 0. The number of anilines is 1. The van der Waals surface area contributed by atoms with E-state index in [9.17, 15) is 0 Å². The smallest absolute Gasteiger partial charge is 0.123 e. The molecule has 0 unspecified atom stereocenters. The molecule has 0 radical (unpaired) electrons. The van der Waals surface area contributed by atoms with E-state index in [0.29, 0.717) is 0 Å². The van der Waals surface area contributed by atoms with Gasteiger partial charge in [-0.15, -0.1) is 0 Å². The van der Waals surface area contributed by atoms with Crippen LogP contribution >= 0.6 is 28.1 Å². The maximum absolute atomic E-state index is 5.87. The van der Waals surface area contributed by atoms with Crippen LogP contribution < -0.4 is 5.32 Å². The molecule has 0 aliphatic carbocycles. The van der Waals surface area contributed by atoms with Gasteiger partial charge in [0, 0.05) is 33.9 Å². The lowest BCUT2D eigenvalue weighted by Crippen LogP contribution is -2.12. The molecular weight excluding hydrogens is 502 g/mol. The van der Waals surface area contributed by atoms with E-state index in [0.717, 1.165) is 52.2 Å². The van der Waals surface area contributed by atoms with Crippen molar-refractivity contribution in [2.24, 2.45) is 0 Å². The van der Waals surface area contributed by atoms with E-state index in [1.807, 2.05) is 18.2 Å². The summed E-state index contributed by atoms with van der Waals surface area (Å²) in [5.74, 6) is 0. The highest BCUT2D eigenvalue weighted by molar-refractivity contribution is 9.10. The second kappa shape index (κ2) is 8.90. The van der Waals surface area contributed by atoms with Gasteiger partial charge in [0.15, 0.2) is 0 Å². The van der Waals surface area contributed by atoms with Crippen molar-refractivity contribution in [3.05, 3.63) is 107 Å². The second-order valence-corrected chi connectivity index (χ2v) is 10.0. The highest BCUT2D eigenvalue weighted by Crippen LogP contribution is 2.42. The van der Waals surface area contributed by atoms with E-state index in [2.05, 4.69) is 103 Å². The van der Waals surface area contributed by atoms with Crippen LogP contribution in [0.2, 0.25) is 0 Å². The zero-order chi connectivity index (χ0) is 23.1. The molecule has 1 aliphatic heterocycles. The normalized spacial score (nSPS) is 13.1. The molecule has 0 atom stereocenters. The van der Waals surface area contributed by atoms with Crippen LogP contribution in [-0.4, -0.2) is 14.0 Å². The molecular formula is C29H24BrN3S. The molecule has 0 bridgehead atoms. The number of aryl methyl sites for hydroxylation is 2. The van der Waals surface area contributed by atoms with Gasteiger partial charge in [0.1, 0.15) is 10.6 Å². The van der Waals surface area contributed by atoms with Gasteiger partial charge in [-0.25, -0.2) is 0 Å². The van der Waals surface area contributed by atoms with Gasteiger partial charge in [-0.1, -0.05) is 101 Å². The number of rotatable bonds is 4. The van der Waals surface area contributed by atoms with Crippen molar-refractivity contribution in [1.82, 2.24) is 8.97 Å². The van der Waals surface area contributed by atoms with Crippen LogP contribution in [0.4, 0.5) is 5.69 Å². The van der Waals surface area contributed by atoms with Gasteiger partial charge in [-0.05, 0) is 37.0 Å². The van der Waals surface area contributed by atoms with Gasteiger partial charge < -0.3 is 9.88 Å². The van der Waals surface area contributed by atoms with E-state index in [4.69, 9.17) is 12.2 Å². The number of nitrogens with zero attached hydrogens (tertiary/aromatic N) is 2. The van der Waals surface area contributed by atoms with Crippen molar-refractivity contribution in [3.8, 4) is 22.5 Å². The predicted molar refractivity (Wildman–Crippen MR) is 149 cm³/mol. The molecule has 2 aromatic heterocycles. The highest BCUT2D eigenvalue weighted by atomic mass is 79.9. The number of nitrogens with one attached hydrogen (secondary N) is 1. The first-order valence-electron chi connectivity index (χ1n) is 11.6. The fraction of sp³-hybridized carbons (Fsp3) is 0.138. The summed E-state index contributed by atoms with van der Waals surface area (Å²) in [6.07, 6.45) is 5.64. The molecule has 3 heterocycles. The standard InChI is InChI=1S/C29H24BrN3S/c30-23-16-14-21(15-17-23)27-26(31-28(34)22-11-5-2-6-12-22)24-13-7-8-18-32-25(19-33(27)29(24)32)20-9-3-1-4-10-20/h1-6,9-12,14-17,19H,7-8,13,18H2,(H,31,34).